The summed E-state index contributed by atoms with van der Waals surface area (Å²) in [6.07, 6.45) is 3.77. The number of pyridine rings is 1. The van der Waals surface area contributed by atoms with Crippen molar-refractivity contribution in [3.8, 4) is 0 Å². The van der Waals surface area contributed by atoms with Crippen LogP contribution in [0.15, 0.2) is 29.9 Å². The maximum Gasteiger partial charge on any atom is 0.229 e. The summed E-state index contributed by atoms with van der Waals surface area (Å²) in [7, 11) is 1.79. The van der Waals surface area contributed by atoms with Crippen molar-refractivity contribution in [3.05, 3.63) is 46.2 Å². The zero-order chi connectivity index (χ0) is 13.7. The Morgan fingerprint density at radius 1 is 1.42 bits per heavy atom. The largest absolute Gasteiger partial charge is 0.341 e. The molecule has 19 heavy (non-hydrogen) atoms. The molecule has 0 aromatic carbocycles. The van der Waals surface area contributed by atoms with Crippen LogP contribution >= 0.6 is 22.9 Å². The standard InChI is InChI=1S/C13H14ClN3OS/c1-17(8-10-2-4-15-5-3-10)13(18)6-12-16-11(7-14)9-19-12/h2-5,9H,6-8H2,1H3. The maximum atomic E-state index is 12.1. The van der Waals surface area contributed by atoms with Crippen LogP contribution in [0, 0.1) is 0 Å². The van der Waals surface area contributed by atoms with Crippen molar-refractivity contribution in [2.45, 2.75) is 18.8 Å². The average molecular weight is 296 g/mol. The molecule has 4 nitrogen and oxygen atoms in total. The van der Waals surface area contributed by atoms with Crippen LogP contribution in [0.4, 0.5) is 0 Å². The van der Waals surface area contributed by atoms with Crippen molar-refractivity contribution < 1.29 is 4.79 Å². The summed E-state index contributed by atoms with van der Waals surface area (Å²) >= 11 is 7.16. The van der Waals surface area contributed by atoms with Crippen LogP contribution in [-0.4, -0.2) is 27.8 Å². The third-order valence-corrected chi connectivity index (χ3v) is 3.80. The molecule has 2 heterocycles. The van der Waals surface area contributed by atoms with E-state index in [1.807, 2.05) is 17.5 Å². The van der Waals surface area contributed by atoms with Gasteiger partial charge in [-0.15, -0.1) is 22.9 Å². The normalized spacial score (nSPS) is 10.4. The number of thiazole rings is 1. The molecule has 2 aromatic heterocycles. The van der Waals surface area contributed by atoms with E-state index >= 15 is 0 Å². The fourth-order valence-electron chi connectivity index (χ4n) is 1.61. The lowest BCUT2D eigenvalue weighted by Crippen LogP contribution is -2.27. The molecule has 0 aliphatic heterocycles. The summed E-state index contributed by atoms with van der Waals surface area (Å²) < 4.78 is 0. The first-order valence-electron chi connectivity index (χ1n) is 5.81. The number of hydrogen-bond donors (Lipinski definition) is 0. The van der Waals surface area contributed by atoms with Gasteiger partial charge in [0, 0.05) is 31.4 Å². The summed E-state index contributed by atoms with van der Waals surface area (Å²) in [5, 5.41) is 2.69. The molecule has 2 aromatic rings. The zero-order valence-corrected chi connectivity index (χ0v) is 12.1. The minimum absolute atomic E-state index is 0.0484. The highest BCUT2D eigenvalue weighted by Gasteiger charge is 2.12. The number of nitrogens with zero attached hydrogens (tertiary/aromatic N) is 3. The van der Waals surface area contributed by atoms with Crippen LogP contribution in [0.25, 0.3) is 0 Å². The SMILES string of the molecule is CN(Cc1ccncc1)C(=O)Cc1nc(CCl)cs1. The Bertz CT molecular complexity index is 544. The van der Waals surface area contributed by atoms with E-state index < -0.39 is 0 Å². The molecule has 100 valence electrons. The number of rotatable bonds is 5. The summed E-state index contributed by atoms with van der Waals surface area (Å²) in [6, 6.07) is 3.80. The van der Waals surface area contributed by atoms with E-state index in [9.17, 15) is 4.79 Å². The van der Waals surface area contributed by atoms with Gasteiger partial charge >= 0.3 is 0 Å². The molecule has 0 bridgehead atoms. The van der Waals surface area contributed by atoms with Crippen molar-refractivity contribution in [3.63, 3.8) is 0 Å². The van der Waals surface area contributed by atoms with Crippen molar-refractivity contribution >= 4 is 28.8 Å². The Hall–Kier alpha value is -1.46. The van der Waals surface area contributed by atoms with E-state index in [-0.39, 0.29) is 5.91 Å². The topological polar surface area (TPSA) is 46.1 Å². The Kier molecular flexibility index (Phi) is 4.87. The number of amides is 1. The molecule has 0 N–H and O–H groups in total. The predicted molar refractivity (Wildman–Crippen MR) is 76.1 cm³/mol. The minimum Gasteiger partial charge on any atom is -0.341 e. The first kappa shape index (κ1) is 14.0. The highest BCUT2D eigenvalue weighted by atomic mass is 35.5. The van der Waals surface area contributed by atoms with E-state index in [0.29, 0.717) is 18.8 Å². The molecule has 0 aliphatic carbocycles. The Morgan fingerprint density at radius 2 is 2.16 bits per heavy atom. The van der Waals surface area contributed by atoms with Gasteiger partial charge in [0.25, 0.3) is 0 Å². The Labute approximate surface area is 121 Å². The molecule has 0 spiro atoms. The molecule has 6 heteroatoms. The third kappa shape index (κ3) is 4.01. The highest BCUT2D eigenvalue weighted by molar-refractivity contribution is 7.09. The van der Waals surface area contributed by atoms with E-state index in [4.69, 9.17) is 11.6 Å². The van der Waals surface area contributed by atoms with Gasteiger partial charge in [-0.2, -0.15) is 0 Å². The second-order valence-corrected chi connectivity index (χ2v) is 5.36. The van der Waals surface area contributed by atoms with Crippen LogP contribution in [0.5, 0.6) is 0 Å². The fraction of sp³-hybridized carbons (Fsp3) is 0.308. The first-order chi connectivity index (χ1) is 9.19. The van der Waals surface area contributed by atoms with Crippen molar-refractivity contribution in [1.29, 1.82) is 0 Å². The van der Waals surface area contributed by atoms with Gasteiger partial charge in [0.15, 0.2) is 0 Å². The molecule has 0 radical (unpaired) electrons. The number of carbonyl (C=O) groups excluding carboxylic acids is 1. The number of halogens is 1. The van der Waals surface area contributed by atoms with E-state index in [1.165, 1.54) is 11.3 Å². The second kappa shape index (κ2) is 6.63. The molecule has 0 fully saturated rings. The minimum atomic E-state index is 0.0484. The van der Waals surface area contributed by atoms with Crippen LogP contribution in [0.2, 0.25) is 0 Å². The number of alkyl halides is 1. The summed E-state index contributed by atoms with van der Waals surface area (Å²) in [5.74, 6) is 0.435. The molecule has 0 atom stereocenters. The van der Waals surface area contributed by atoms with Gasteiger partial charge in [-0.05, 0) is 17.7 Å². The van der Waals surface area contributed by atoms with E-state index in [0.717, 1.165) is 16.3 Å². The molecule has 1 amide bonds. The number of likely N-dealkylation sites (N-methyl/N-ethyl adjacent to an activating group) is 1. The Balaban J connectivity index is 1.92. The molecular weight excluding hydrogens is 282 g/mol. The summed E-state index contributed by atoms with van der Waals surface area (Å²) in [4.78, 5) is 22.0. The first-order valence-corrected chi connectivity index (χ1v) is 7.22. The lowest BCUT2D eigenvalue weighted by atomic mass is 10.2. The highest BCUT2D eigenvalue weighted by Crippen LogP contribution is 2.13. The molecule has 0 aliphatic rings. The molecule has 2 rings (SSSR count). The summed E-state index contributed by atoms with van der Waals surface area (Å²) in [6.45, 7) is 0.578. The smallest absolute Gasteiger partial charge is 0.229 e. The van der Waals surface area contributed by atoms with Crippen LogP contribution in [-0.2, 0) is 23.6 Å². The molecule has 0 unspecified atom stereocenters. The van der Waals surface area contributed by atoms with E-state index in [2.05, 4.69) is 9.97 Å². The van der Waals surface area contributed by atoms with Gasteiger partial charge in [-0.3, -0.25) is 9.78 Å². The maximum absolute atomic E-state index is 12.1. The van der Waals surface area contributed by atoms with Gasteiger partial charge in [-0.25, -0.2) is 4.98 Å². The molecular formula is C13H14ClN3OS. The third-order valence-electron chi connectivity index (χ3n) is 2.63. The van der Waals surface area contributed by atoms with E-state index in [1.54, 1.807) is 24.3 Å². The lowest BCUT2D eigenvalue weighted by molar-refractivity contribution is -0.129. The predicted octanol–water partition coefficient (Wildman–Crippen LogP) is 2.48. The zero-order valence-electron chi connectivity index (χ0n) is 10.5. The van der Waals surface area contributed by atoms with Crippen LogP contribution < -0.4 is 0 Å². The molecule has 0 saturated heterocycles. The monoisotopic (exact) mass is 295 g/mol. The van der Waals surface area contributed by atoms with Crippen molar-refractivity contribution in [1.82, 2.24) is 14.9 Å². The Morgan fingerprint density at radius 3 is 2.79 bits per heavy atom. The fourth-order valence-corrected chi connectivity index (χ4v) is 2.62. The second-order valence-electron chi connectivity index (χ2n) is 4.15. The lowest BCUT2D eigenvalue weighted by Gasteiger charge is -2.16. The molecule has 0 saturated carbocycles. The number of hydrogen-bond acceptors (Lipinski definition) is 4. The van der Waals surface area contributed by atoms with Gasteiger partial charge in [0.2, 0.25) is 5.91 Å². The van der Waals surface area contributed by atoms with Gasteiger partial charge in [0.1, 0.15) is 5.01 Å². The van der Waals surface area contributed by atoms with Gasteiger partial charge in [-0.1, -0.05) is 0 Å². The van der Waals surface area contributed by atoms with Crippen LogP contribution in [0.1, 0.15) is 16.3 Å². The number of aromatic nitrogens is 2. The van der Waals surface area contributed by atoms with Crippen molar-refractivity contribution in [2.24, 2.45) is 0 Å². The average Bonchev–Trinajstić information content (AvgIpc) is 2.87. The quantitative estimate of drug-likeness (QED) is 0.796. The summed E-state index contributed by atoms with van der Waals surface area (Å²) in [5.41, 5.74) is 1.89. The number of carbonyl (C=O) groups is 1. The van der Waals surface area contributed by atoms with Crippen LogP contribution in [0.3, 0.4) is 0 Å². The van der Waals surface area contributed by atoms with Crippen molar-refractivity contribution in [2.75, 3.05) is 7.05 Å². The van der Waals surface area contributed by atoms with Gasteiger partial charge < -0.3 is 4.90 Å². The van der Waals surface area contributed by atoms with Gasteiger partial charge in [0.05, 0.1) is 18.0 Å².